The Balaban J connectivity index is 2.49. The van der Waals surface area contributed by atoms with Crippen molar-refractivity contribution < 1.29 is 9.53 Å². The van der Waals surface area contributed by atoms with E-state index >= 15 is 0 Å². The average molecular weight is 284 g/mol. The van der Waals surface area contributed by atoms with Crippen LogP contribution in [-0.4, -0.2) is 75.7 Å². The molecule has 1 aliphatic rings. The molecule has 0 bridgehead atoms. The molecule has 116 valence electrons. The van der Waals surface area contributed by atoms with Crippen molar-refractivity contribution >= 4 is 11.9 Å². The smallest absolute Gasteiger partial charge is 0.310 e. The number of hydrogen-bond acceptors (Lipinski definition) is 4. The predicted molar refractivity (Wildman–Crippen MR) is 80.8 cm³/mol. The van der Waals surface area contributed by atoms with Gasteiger partial charge in [-0.15, -0.1) is 0 Å². The minimum atomic E-state index is -0.124. The molecule has 1 rings (SSSR count). The van der Waals surface area contributed by atoms with Gasteiger partial charge >= 0.3 is 5.97 Å². The van der Waals surface area contributed by atoms with Crippen LogP contribution in [0.2, 0.25) is 0 Å². The van der Waals surface area contributed by atoms with Crippen molar-refractivity contribution in [2.75, 3.05) is 53.9 Å². The summed E-state index contributed by atoms with van der Waals surface area (Å²) < 4.78 is 4.86. The molecule has 6 nitrogen and oxygen atoms in total. The molecule has 0 saturated carbocycles. The number of guanidine groups is 1. The first-order chi connectivity index (χ1) is 9.53. The highest BCUT2D eigenvalue weighted by atomic mass is 16.5. The Hall–Kier alpha value is -1.30. The largest absolute Gasteiger partial charge is 0.469 e. The van der Waals surface area contributed by atoms with Crippen molar-refractivity contribution in [3.05, 3.63) is 0 Å². The molecule has 0 aromatic heterocycles. The van der Waals surface area contributed by atoms with Gasteiger partial charge in [0, 0.05) is 33.2 Å². The molecule has 20 heavy (non-hydrogen) atoms. The molecule has 1 aliphatic heterocycles. The molecule has 2 atom stereocenters. The molecule has 0 aromatic carbocycles. The van der Waals surface area contributed by atoms with Gasteiger partial charge in [-0.05, 0) is 19.5 Å². The van der Waals surface area contributed by atoms with E-state index in [1.807, 2.05) is 0 Å². The number of methoxy groups -OCH3 is 1. The third-order valence-electron chi connectivity index (χ3n) is 3.94. The summed E-state index contributed by atoms with van der Waals surface area (Å²) in [4.78, 5) is 20.4. The van der Waals surface area contributed by atoms with Gasteiger partial charge in [-0.25, -0.2) is 0 Å². The maximum atomic E-state index is 11.7. The van der Waals surface area contributed by atoms with E-state index in [9.17, 15) is 4.79 Å². The fourth-order valence-corrected chi connectivity index (χ4v) is 2.45. The first-order valence-electron chi connectivity index (χ1n) is 7.25. The lowest BCUT2D eigenvalue weighted by Crippen LogP contribution is -2.43. The second kappa shape index (κ2) is 8.09. The molecule has 1 fully saturated rings. The average Bonchev–Trinajstić information content (AvgIpc) is 2.84. The van der Waals surface area contributed by atoms with Crippen molar-refractivity contribution in [1.82, 2.24) is 15.1 Å². The van der Waals surface area contributed by atoms with Gasteiger partial charge in [0.05, 0.1) is 13.0 Å². The standard InChI is InChI=1S/C14H28N4O2/c1-6-17(4)8-7-16-14(15-3)18-9-11(2)12(10-18)13(19)20-5/h11-12H,6-10H2,1-5H3,(H,15,16). The monoisotopic (exact) mass is 284 g/mol. The molecule has 6 heteroatoms. The van der Waals surface area contributed by atoms with Gasteiger partial charge in [0.25, 0.3) is 0 Å². The quantitative estimate of drug-likeness (QED) is 0.446. The highest BCUT2D eigenvalue weighted by Gasteiger charge is 2.36. The Kier molecular flexibility index (Phi) is 6.78. The summed E-state index contributed by atoms with van der Waals surface area (Å²) >= 11 is 0. The summed E-state index contributed by atoms with van der Waals surface area (Å²) in [6, 6.07) is 0. The Morgan fingerprint density at radius 2 is 2.20 bits per heavy atom. The number of esters is 1. The lowest BCUT2D eigenvalue weighted by Gasteiger charge is -2.22. The zero-order valence-electron chi connectivity index (χ0n) is 13.3. The van der Waals surface area contributed by atoms with Gasteiger partial charge in [-0.2, -0.15) is 0 Å². The van der Waals surface area contributed by atoms with Crippen LogP contribution in [0.15, 0.2) is 4.99 Å². The number of ether oxygens (including phenoxy) is 1. The molecule has 0 radical (unpaired) electrons. The maximum Gasteiger partial charge on any atom is 0.310 e. The topological polar surface area (TPSA) is 57.2 Å². The molecule has 0 amide bonds. The van der Waals surface area contributed by atoms with Gasteiger partial charge in [0.1, 0.15) is 0 Å². The summed E-state index contributed by atoms with van der Waals surface area (Å²) in [6.45, 7) is 8.59. The van der Waals surface area contributed by atoms with Gasteiger partial charge < -0.3 is 19.9 Å². The Morgan fingerprint density at radius 3 is 2.75 bits per heavy atom. The van der Waals surface area contributed by atoms with Crippen LogP contribution >= 0.6 is 0 Å². The van der Waals surface area contributed by atoms with Crippen LogP contribution in [0.25, 0.3) is 0 Å². The molecule has 1 saturated heterocycles. The van der Waals surface area contributed by atoms with Gasteiger partial charge in [0.15, 0.2) is 5.96 Å². The van der Waals surface area contributed by atoms with Gasteiger partial charge in [0.2, 0.25) is 0 Å². The first-order valence-corrected chi connectivity index (χ1v) is 7.25. The predicted octanol–water partition coefficient (Wildman–Crippen LogP) is 0.254. The summed E-state index contributed by atoms with van der Waals surface area (Å²) in [6.07, 6.45) is 0. The Labute approximate surface area is 122 Å². The molecule has 0 aliphatic carbocycles. The number of aliphatic imine (C=N–C) groups is 1. The molecule has 0 spiro atoms. The summed E-state index contributed by atoms with van der Waals surface area (Å²) in [5.41, 5.74) is 0. The van der Waals surface area contributed by atoms with E-state index in [4.69, 9.17) is 4.74 Å². The van der Waals surface area contributed by atoms with E-state index in [-0.39, 0.29) is 11.9 Å². The first kappa shape index (κ1) is 16.8. The van der Waals surface area contributed by atoms with E-state index in [0.717, 1.165) is 32.1 Å². The second-order valence-corrected chi connectivity index (χ2v) is 5.38. The second-order valence-electron chi connectivity index (χ2n) is 5.38. The lowest BCUT2D eigenvalue weighted by molar-refractivity contribution is -0.145. The molecular weight excluding hydrogens is 256 g/mol. The van der Waals surface area contributed by atoms with Crippen LogP contribution in [0, 0.1) is 11.8 Å². The summed E-state index contributed by atoms with van der Waals surface area (Å²) in [5, 5.41) is 3.36. The van der Waals surface area contributed by atoms with Crippen LogP contribution in [-0.2, 0) is 9.53 Å². The number of likely N-dealkylation sites (tertiary alicyclic amines) is 1. The van der Waals surface area contributed by atoms with E-state index in [1.165, 1.54) is 7.11 Å². The van der Waals surface area contributed by atoms with E-state index in [1.54, 1.807) is 7.05 Å². The van der Waals surface area contributed by atoms with Crippen LogP contribution in [0.4, 0.5) is 0 Å². The zero-order valence-corrected chi connectivity index (χ0v) is 13.3. The highest BCUT2D eigenvalue weighted by molar-refractivity contribution is 5.82. The normalized spacial score (nSPS) is 23.3. The summed E-state index contributed by atoms with van der Waals surface area (Å²) in [5.74, 6) is 0.977. The number of nitrogens with one attached hydrogen (secondary N) is 1. The highest BCUT2D eigenvalue weighted by Crippen LogP contribution is 2.23. The van der Waals surface area contributed by atoms with Crippen molar-refractivity contribution in [1.29, 1.82) is 0 Å². The number of likely N-dealkylation sites (N-methyl/N-ethyl adjacent to an activating group) is 1. The maximum absolute atomic E-state index is 11.7. The van der Waals surface area contributed by atoms with Crippen molar-refractivity contribution in [3.8, 4) is 0 Å². The summed E-state index contributed by atoms with van der Waals surface area (Å²) in [7, 11) is 5.32. The number of nitrogens with zero attached hydrogens (tertiary/aromatic N) is 3. The van der Waals surface area contributed by atoms with Crippen LogP contribution in [0.5, 0.6) is 0 Å². The fourth-order valence-electron chi connectivity index (χ4n) is 2.45. The number of rotatable bonds is 5. The Morgan fingerprint density at radius 1 is 1.50 bits per heavy atom. The van der Waals surface area contributed by atoms with Crippen molar-refractivity contribution in [2.24, 2.45) is 16.8 Å². The molecule has 2 unspecified atom stereocenters. The van der Waals surface area contributed by atoms with Crippen LogP contribution in [0.1, 0.15) is 13.8 Å². The van der Waals surface area contributed by atoms with E-state index < -0.39 is 0 Å². The minimum Gasteiger partial charge on any atom is -0.469 e. The van der Waals surface area contributed by atoms with Crippen molar-refractivity contribution in [3.63, 3.8) is 0 Å². The molecular formula is C14H28N4O2. The minimum absolute atomic E-state index is 0.0585. The zero-order chi connectivity index (χ0) is 15.1. The van der Waals surface area contributed by atoms with E-state index in [0.29, 0.717) is 12.5 Å². The third-order valence-corrected chi connectivity index (χ3v) is 3.94. The van der Waals surface area contributed by atoms with Gasteiger partial charge in [-0.1, -0.05) is 13.8 Å². The fraction of sp³-hybridized carbons (Fsp3) is 0.857. The van der Waals surface area contributed by atoms with Crippen molar-refractivity contribution in [2.45, 2.75) is 13.8 Å². The molecule has 1 N–H and O–H groups in total. The molecule has 1 heterocycles. The number of carbonyl (C=O) groups excluding carboxylic acids is 1. The Bertz CT molecular complexity index is 346. The van der Waals surface area contributed by atoms with E-state index in [2.05, 4.69) is 41.0 Å². The lowest BCUT2D eigenvalue weighted by atomic mass is 9.99. The van der Waals surface area contributed by atoms with Gasteiger partial charge in [-0.3, -0.25) is 9.79 Å². The SMILES string of the molecule is CCN(C)CCNC(=NC)N1CC(C)C(C(=O)OC)C1. The number of carbonyl (C=O) groups is 1. The number of hydrogen-bond donors (Lipinski definition) is 1. The third kappa shape index (κ3) is 4.37. The van der Waals surface area contributed by atoms with Crippen LogP contribution in [0.3, 0.4) is 0 Å². The van der Waals surface area contributed by atoms with Crippen LogP contribution < -0.4 is 5.32 Å². The molecule has 0 aromatic rings.